The predicted molar refractivity (Wildman–Crippen MR) is 71.3 cm³/mol. The minimum atomic E-state index is -0.389. The molecule has 1 N–H and O–H groups in total. The predicted octanol–water partition coefficient (Wildman–Crippen LogP) is 3.43. The van der Waals surface area contributed by atoms with Gasteiger partial charge in [0.2, 0.25) is 0 Å². The van der Waals surface area contributed by atoms with Gasteiger partial charge in [-0.3, -0.25) is 0 Å². The fourth-order valence-electron chi connectivity index (χ4n) is 1.89. The van der Waals surface area contributed by atoms with Gasteiger partial charge in [0, 0.05) is 17.5 Å². The van der Waals surface area contributed by atoms with Gasteiger partial charge in [-0.25, -0.2) is 4.98 Å². The van der Waals surface area contributed by atoms with Crippen LogP contribution in [0.3, 0.4) is 0 Å². The first-order valence-corrected chi connectivity index (χ1v) is 6.69. The molecule has 0 saturated heterocycles. The zero-order valence-electron chi connectivity index (χ0n) is 10.2. The highest BCUT2D eigenvalue weighted by Crippen LogP contribution is 2.22. The third-order valence-electron chi connectivity index (χ3n) is 2.85. The van der Waals surface area contributed by atoms with Crippen molar-refractivity contribution in [3.05, 3.63) is 51.5 Å². The first-order valence-electron chi connectivity index (χ1n) is 5.81. The quantitative estimate of drug-likeness (QED) is 0.898. The Morgan fingerprint density at radius 2 is 2.06 bits per heavy atom. The second-order valence-corrected chi connectivity index (χ2v) is 5.24. The molecule has 0 aliphatic rings. The van der Waals surface area contributed by atoms with Gasteiger partial charge in [0.15, 0.2) is 0 Å². The molecule has 0 bridgehead atoms. The maximum absolute atomic E-state index is 10.1. The molecular weight excluding hydrogens is 230 g/mol. The third-order valence-corrected chi connectivity index (χ3v) is 3.87. The van der Waals surface area contributed by atoms with E-state index in [0.29, 0.717) is 0 Å². The van der Waals surface area contributed by atoms with E-state index in [1.165, 1.54) is 0 Å². The smallest absolute Gasteiger partial charge is 0.0929 e. The van der Waals surface area contributed by atoms with E-state index in [1.54, 1.807) is 11.3 Å². The van der Waals surface area contributed by atoms with Crippen molar-refractivity contribution in [3.63, 3.8) is 0 Å². The largest absolute Gasteiger partial charge is 0.388 e. The molecule has 0 fully saturated rings. The number of aromatic nitrogens is 1. The van der Waals surface area contributed by atoms with Crippen molar-refractivity contribution in [2.45, 2.75) is 32.8 Å². The molecule has 0 saturated carbocycles. The van der Waals surface area contributed by atoms with Crippen LogP contribution in [0.25, 0.3) is 0 Å². The van der Waals surface area contributed by atoms with Crippen LogP contribution in [-0.4, -0.2) is 10.1 Å². The summed E-state index contributed by atoms with van der Waals surface area (Å²) < 4.78 is 0. The van der Waals surface area contributed by atoms with Crippen molar-refractivity contribution in [1.29, 1.82) is 0 Å². The summed E-state index contributed by atoms with van der Waals surface area (Å²) in [7, 11) is 0. The Kier molecular flexibility index (Phi) is 3.92. The summed E-state index contributed by atoms with van der Waals surface area (Å²) in [6.45, 7) is 4.03. The maximum Gasteiger partial charge on any atom is 0.0929 e. The molecule has 0 aliphatic heterocycles. The van der Waals surface area contributed by atoms with Crippen LogP contribution in [0.4, 0.5) is 0 Å². The molecule has 2 nitrogen and oxygen atoms in total. The summed E-state index contributed by atoms with van der Waals surface area (Å²) in [6, 6.07) is 7.99. The minimum absolute atomic E-state index is 0.389. The van der Waals surface area contributed by atoms with Crippen molar-refractivity contribution in [2.24, 2.45) is 0 Å². The van der Waals surface area contributed by atoms with Crippen LogP contribution in [-0.2, 0) is 6.42 Å². The fourth-order valence-corrected chi connectivity index (χ4v) is 2.69. The highest BCUT2D eigenvalue weighted by atomic mass is 32.1. The molecule has 0 aliphatic carbocycles. The molecule has 2 rings (SSSR count). The van der Waals surface area contributed by atoms with Crippen molar-refractivity contribution in [1.82, 2.24) is 4.98 Å². The summed E-state index contributed by atoms with van der Waals surface area (Å²) in [4.78, 5) is 4.41. The molecule has 0 spiro atoms. The van der Waals surface area contributed by atoms with Crippen LogP contribution in [0, 0.1) is 13.8 Å². The zero-order valence-corrected chi connectivity index (χ0v) is 11.0. The summed E-state index contributed by atoms with van der Waals surface area (Å²) in [5.74, 6) is 0. The molecule has 1 atom stereocenters. The molecule has 17 heavy (non-hydrogen) atoms. The van der Waals surface area contributed by atoms with Crippen molar-refractivity contribution in [3.8, 4) is 0 Å². The number of rotatable bonds is 4. The van der Waals surface area contributed by atoms with Crippen molar-refractivity contribution < 1.29 is 5.11 Å². The lowest BCUT2D eigenvalue weighted by Gasteiger charge is -2.12. The van der Waals surface area contributed by atoms with Crippen LogP contribution < -0.4 is 0 Å². The second kappa shape index (κ2) is 5.43. The van der Waals surface area contributed by atoms with E-state index in [4.69, 9.17) is 0 Å². The lowest BCUT2D eigenvalue weighted by Crippen LogP contribution is -2.01. The van der Waals surface area contributed by atoms with Crippen molar-refractivity contribution in [2.75, 3.05) is 0 Å². The van der Waals surface area contributed by atoms with Crippen LogP contribution >= 0.6 is 11.3 Å². The second-order valence-electron chi connectivity index (χ2n) is 4.29. The number of hydrogen-bond donors (Lipinski definition) is 1. The highest BCUT2D eigenvalue weighted by Gasteiger charge is 2.10. The Bertz CT molecular complexity index is 492. The van der Waals surface area contributed by atoms with E-state index < -0.39 is 0 Å². The van der Waals surface area contributed by atoms with Gasteiger partial charge in [-0.05, 0) is 31.4 Å². The van der Waals surface area contributed by atoms with Crippen LogP contribution in [0.2, 0.25) is 0 Å². The van der Waals surface area contributed by atoms with E-state index in [9.17, 15) is 5.11 Å². The topological polar surface area (TPSA) is 33.1 Å². The number of thiazole rings is 1. The maximum atomic E-state index is 10.1. The first kappa shape index (κ1) is 12.3. The summed E-state index contributed by atoms with van der Waals surface area (Å²) >= 11 is 1.67. The molecule has 1 aromatic carbocycles. The molecule has 1 heterocycles. The molecule has 0 amide bonds. The number of aryl methyl sites for hydroxylation is 3. The van der Waals surface area contributed by atoms with Crippen LogP contribution in [0.15, 0.2) is 29.6 Å². The standard InChI is InChI=1S/C14H17NOS/c1-10-5-3-4-6-12(10)13(16)7-8-14-15-11(2)9-17-14/h3-6,9,13,16H,7-8H2,1-2H3. The lowest BCUT2D eigenvalue weighted by molar-refractivity contribution is 0.167. The average Bonchev–Trinajstić information content (AvgIpc) is 2.73. The van der Waals surface area contributed by atoms with Crippen LogP contribution in [0.5, 0.6) is 0 Å². The normalized spacial score (nSPS) is 12.6. The lowest BCUT2D eigenvalue weighted by atomic mass is 10.0. The number of aliphatic hydroxyl groups is 1. The van der Waals surface area contributed by atoms with E-state index in [-0.39, 0.29) is 6.10 Å². The Morgan fingerprint density at radius 1 is 1.29 bits per heavy atom. The summed E-state index contributed by atoms with van der Waals surface area (Å²) in [5.41, 5.74) is 3.24. The van der Waals surface area contributed by atoms with E-state index >= 15 is 0 Å². The number of nitrogens with zero attached hydrogens (tertiary/aromatic N) is 1. The average molecular weight is 247 g/mol. The van der Waals surface area contributed by atoms with Gasteiger partial charge in [-0.1, -0.05) is 24.3 Å². The van der Waals surface area contributed by atoms with E-state index in [0.717, 1.165) is 34.7 Å². The van der Waals surface area contributed by atoms with Gasteiger partial charge in [-0.15, -0.1) is 11.3 Å². The van der Waals surface area contributed by atoms with E-state index in [1.807, 2.05) is 38.1 Å². The Labute approximate surface area is 106 Å². The molecule has 1 aromatic heterocycles. The number of hydrogen-bond acceptors (Lipinski definition) is 3. The molecule has 2 aromatic rings. The molecule has 3 heteroatoms. The first-order chi connectivity index (χ1) is 8.16. The monoisotopic (exact) mass is 247 g/mol. The van der Waals surface area contributed by atoms with Gasteiger partial charge < -0.3 is 5.11 Å². The summed E-state index contributed by atoms with van der Waals surface area (Å²) in [6.07, 6.45) is 1.19. The Balaban J connectivity index is 1.98. The third kappa shape index (κ3) is 3.14. The van der Waals surface area contributed by atoms with Gasteiger partial charge in [0.05, 0.1) is 11.1 Å². The van der Waals surface area contributed by atoms with Crippen LogP contribution in [0.1, 0.15) is 34.4 Å². The van der Waals surface area contributed by atoms with E-state index in [2.05, 4.69) is 10.4 Å². The Hall–Kier alpha value is -1.19. The van der Waals surface area contributed by atoms with Crippen molar-refractivity contribution >= 4 is 11.3 Å². The van der Waals surface area contributed by atoms with Gasteiger partial charge >= 0.3 is 0 Å². The van der Waals surface area contributed by atoms with Gasteiger partial charge in [-0.2, -0.15) is 0 Å². The molecule has 90 valence electrons. The highest BCUT2D eigenvalue weighted by molar-refractivity contribution is 7.09. The zero-order chi connectivity index (χ0) is 12.3. The fraction of sp³-hybridized carbons (Fsp3) is 0.357. The van der Waals surface area contributed by atoms with Gasteiger partial charge in [0.25, 0.3) is 0 Å². The number of benzene rings is 1. The van der Waals surface area contributed by atoms with Gasteiger partial charge in [0.1, 0.15) is 0 Å². The minimum Gasteiger partial charge on any atom is -0.388 e. The SMILES string of the molecule is Cc1csc(CCC(O)c2ccccc2C)n1. The Morgan fingerprint density at radius 3 is 2.71 bits per heavy atom. The molecule has 1 unspecified atom stereocenters. The summed E-state index contributed by atoms with van der Waals surface area (Å²) in [5, 5.41) is 13.3. The number of aliphatic hydroxyl groups excluding tert-OH is 1. The molecular formula is C14H17NOS. The molecule has 0 radical (unpaired) electrons.